The van der Waals surface area contributed by atoms with Gasteiger partial charge in [0.1, 0.15) is 0 Å². The van der Waals surface area contributed by atoms with Crippen LogP contribution in [-0.2, 0) is 9.90 Å². The highest BCUT2D eigenvalue weighted by Crippen LogP contribution is 2.08. The summed E-state index contributed by atoms with van der Waals surface area (Å²) in [5.74, 6) is -0.958. The molecule has 0 saturated carbocycles. The van der Waals surface area contributed by atoms with E-state index in [-0.39, 0.29) is 6.42 Å². The van der Waals surface area contributed by atoms with Gasteiger partial charge in [-0.2, -0.15) is 0 Å². The van der Waals surface area contributed by atoms with Crippen LogP contribution in [0.5, 0.6) is 0 Å². The van der Waals surface area contributed by atoms with Crippen molar-refractivity contribution in [3.63, 3.8) is 0 Å². The number of carbonyl (C=O) groups is 1. The fraction of sp³-hybridized carbons (Fsp3) is 0.786. The molecule has 2 nitrogen and oxygen atoms in total. The van der Waals surface area contributed by atoms with Crippen molar-refractivity contribution in [2.45, 2.75) is 71.1 Å². The van der Waals surface area contributed by atoms with E-state index in [9.17, 15) is 9.90 Å². The first kappa shape index (κ1) is 15.2. The molecule has 0 aromatic carbocycles. The van der Waals surface area contributed by atoms with Crippen LogP contribution in [0.1, 0.15) is 71.1 Å². The van der Waals surface area contributed by atoms with Crippen molar-refractivity contribution in [2.75, 3.05) is 0 Å². The normalized spacial score (nSPS) is 11.1. The molecule has 0 atom stereocenters. The number of unbranched alkanes of at least 4 members (excludes halogenated alkanes) is 7. The third kappa shape index (κ3) is 13.2. The minimum absolute atomic E-state index is 0.146. The molecule has 0 heterocycles. The molecule has 0 aromatic rings. The molecule has 0 N–H and O–H groups in total. The van der Waals surface area contributed by atoms with Gasteiger partial charge in [-0.1, -0.05) is 57.6 Å². The molecule has 0 bridgehead atoms. The zero-order valence-electron chi connectivity index (χ0n) is 10.5. The summed E-state index contributed by atoms with van der Waals surface area (Å²) < 4.78 is 0. The van der Waals surface area contributed by atoms with Crippen molar-refractivity contribution < 1.29 is 9.90 Å². The molecule has 16 heavy (non-hydrogen) atoms. The second-order valence-electron chi connectivity index (χ2n) is 4.29. The Labute approximate surface area is 99.7 Å². The van der Waals surface area contributed by atoms with Crippen molar-refractivity contribution in [1.82, 2.24) is 0 Å². The number of hydrogen-bond donors (Lipinski definition) is 0. The Morgan fingerprint density at radius 1 is 0.875 bits per heavy atom. The van der Waals surface area contributed by atoms with Gasteiger partial charge in [0.25, 0.3) is 0 Å². The average Bonchev–Trinajstić information content (AvgIpc) is 2.25. The Morgan fingerprint density at radius 3 is 2.06 bits per heavy atom. The summed E-state index contributed by atoms with van der Waals surface area (Å²) in [6, 6.07) is 0. The Morgan fingerprint density at radius 2 is 1.44 bits per heavy atom. The van der Waals surface area contributed by atoms with E-state index in [1.165, 1.54) is 44.9 Å². The maximum absolute atomic E-state index is 10.1. The lowest BCUT2D eigenvalue weighted by atomic mass is 10.1. The molecule has 0 rings (SSSR count). The van der Waals surface area contributed by atoms with E-state index in [2.05, 4.69) is 13.0 Å². The summed E-state index contributed by atoms with van der Waals surface area (Å²) >= 11 is 0. The second kappa shape index (κ2) is 12.3. The van der Waals surface area contributed by atoms with Crippen molar-refractivity contribution in [1.29, 1.82) is 0 Å². The molecular formula is C14H25O2. The first-order valence-electron chi connectivity index (χ1n) is 6.62. The van der Waals surface area contributed by atoms with Gasteiger partial charge in [0, 0.05) is 0 Å². The van der Waals surface area contributed by atoms with E-state index in [0.29, 0.717) is 6.42 Å². The number of allylic oxidation sites excluding steroid dienone is 2. The van der Waals surface area contributed by atoms with Gasteiger partial charge in [0.15, 0.2) is 0 Å². The standard InChI is InChI=1S/C14H25O2/c1-2-3-4-5-6-7-8-9-10-11-12-13-14(15)16/h10-11H,2-9,12-13H2,1H3/b11-10+. The number of carbonyl (C=O) groups excluding carboxylic acids is 1. The van der Waals surface area contributed by atoms with E-state index in [0.717, 1.165) is 6.42 Å². The Kier molecular flexibility index (Phi) is 11.7. The maximum atomic E-state index is 10.1. The summed E-state index contributed by atoms with van der Waals surface area (Å²) in [6.45, 7) is 2.23. The SMILES string of the molecule is CCCCCCCCC/C=C/CCC([O])=O. The third-order valence-corrected chi connectivity index (χ3v) is 2.66. The van der Waals surface area contributed by atoms with Crippen LogP contribution < -0.4 is 0 Å². The Hall–Kier alpha value is -0.790. The monoisotopic (exact) mass is 225 g/mol. The largest absolute Gasteiger partial charge is 0.355 e. The smallest absolute Gasteiger partial charge is 0.247 e. The fourth-order valence-electron chi connectivity index (χ4n) is 1.66. The van der Waals surface area contributed by atoms with Gasteiger partial charge < -0.3 is 0 Å². The molecular weight excluding hydrogens is 200 g/mol. The lowest BCUT2D eigenvalue weighted by Gasteiger charge is -1.98. The number of rotatable bonds is 11. The molecule has 0 aliphatic carbocycles. The van der Waals surface area contributed by atoms with Crippen molar-refractivity contribution in [3.05, 3.63) is 12.2 Å². The fourth-order valence-corrected chi connectivity index (χ4v) is 1.66. The lowest BCUT2D eigenvalue weighted by molar-refractivity contribution is -0.142. The van der Waals surface area contributed by atoms with Crippen molar-refractivity contribution in [3.8, 4) is 0 Å². The van der Waals surface area contributed by atoms with E-state index < -0.39 is 5.97 Å². The summed E-state index contributed by atoms with van der Waals surface area (Å²) in [5.41, 5.74) is 0. The van der Waals surface area contributed by atoms with Crippen LogP contribution in [0, 0.1) is 0 Å². The molecule has 0 fully saturated rings. The molecule has 2 heteroatoms. The molecule has 1 radical (unpaired) electrons. The summed E-state index contributed by atoms with van der Waals surface area (Å²) in [5, 5.41) is 10.1. The van der Waals surface area contributed by atoms with Crippen LogP contribution in [0.25, 0.3) is 0 Å². The molecule has 0 aliphatic rings. The second-order valence-corrected chi connectivity index (χ2v) is 4.29. The summed E-state index contributed by atoms with van der Waals surface area (Å²) in [6.07, 6.45) is 15.2. The zero-order chi connectivity index (χ0) is 12.1. The van der Waals surface area contributed by atoms with E-state index in [1.54, 1.807) is 0 Å². The number of hydrogen-bond acceptors (Lipinski definition) is 1. The van der Waals surface area contributed by atoms with E-state index in [4.69, 9.17) is 0 Å². The van der Waals surface area contributed by atoms with E-state index >= 15 is 0 Å². The molecule has 0 amide bonds. The van der Waals surface area contributed by atoms with Gasteiger partial charge >= 0.3 is 5.97 Å². The molecule has 93 valence electrons. The van der Waals surface area contributed by atoms with Crippen molar-refractivity contribution in [2.24, 2.45) is 0 Å². The van der Waals surface area contributed by atoms with Gasteiger partial charge in [-0.25, -0.2) is 9.90 Å². The molecule has 0 unspecified atom stereocenters. The third-order valence-electron chi connectivity index (χ3n) is 2.66. The van der Waals surface area contributed by atoms with Crippen LogP contribution in [0.15, 0.2) is 12.2 Å². The Bertz CT molecular complexity index is 185. The highest BCUT2D eigenvalue weighted by atomic mass is 16.4. The first-order valence-corrected chi connectivity index (χ1v) is 6.62. The van der Waals surface area contributed by atoms with Gasteiger partial charge in [-0.05, 0) is 19.3 Å². The summed E-state index contributed by atoms with van der Waals surface area (Å²) in [4.78, 5) is 10.1. The highest BCUT2D eigenvalue weighted by molar-refractivity contribution is 5.66. The Balaban J connectivity index is 3.05. The van der Waals surface area contributed by atoms with Gasteiger partial charge in [0.2, 0.25) is 0 Å². The molecule has 0 spiro atoms. The van der Waals surface area contributed by atoms with Crippen molar-refractivity contribution >= 4 is 5.97 Å². The van der Waals surface area contributed by atoms with E-state index in [1.807, 2.05) is 6.08 Å². The predicted octanol–water partition coefficient (Wildman–Crippen LogP) is 4.42. The zero-order valence-corrected chi connectivity index (χ0v) is 10.5. The maximum Gasteiger partial charge on any atom is 0.355 e. The predicted molar refractivity (Wildman–Crippen MR) is 66.7 cm³/mol. The van der Waals surface area contributed by atoms with Crippen LogP contribution in [0.3, 0.4) is 0 Å². The van der Waals surface area contributed by atoms with Crippen LogP contribution in [0.2, 0.25) is 0 Å². The molecule has 0 aromatic heterocycles. The van der Waals surface area contributed by atoms with Crippen LogP contribution >= 0.6 is 0 Å². The first-order chi connectivity index (χ1) is 7.77. The van der Waals surface area contributed by atoms with Gasteiger partial charge in [0.05, 0.1) is 6.42 Å². The average molecular weight is 225 g/mol. The topological polar surface area (TPSA) is 37.0 Å². The minimum atomic E-state index is -0.958. The van der Waals surface area contributed by atoms with Crippen LogP contribution in [-0.4, -0.2) is 5.97 Å². The minimum Gasteiger partial charge on any atom is -0.247 e. The summed E-state index contributed by atoms with van der Waals surface area (Å²) in [7, 11) is 0. The van der Waals surface area contributed by atoms with Gasteiger partial charge in [-0.3, -0.25) is 0 Å². The van der Waals surface area contributed by atoms with Gasteiger partial charge in [-0.15, -0.1) is 0 Å². The molecule has 0 saturated heterocycles. The lowest BCUT2D eigenvalue weighted by Crippen LogP contribution is -1.89. The van der Waals surface area contributed by atoms with Crippen LogP contribution in [0.4, 0.5) is 0 Å². The quantitative estimate of drug-likeness (QED) is 0.379. The molecule has 0 aliphatic heterocycles. The highest BCUT2D eigenvalue weighted by Gasteiger charge is 1.94.